The smallest absolute Gasteiger partial charge is 0.111 e. The van der Waals surface area contributed by atoms with E-state index in [9.17, 15) is 0 Å². The van der Waals surface area contributed by atoms with Crippen LogP contribution in [0.4, 0.5) is 0 Å². The molecule has 0 radical (unpaired) electrons. The first-order valence-electron chi connectivity index (χ1n) is 11.0. The first-order chi connectivity index (χ1) is 14.1. The van der Waals surface area contributed by atoms with Crippen molar-refractivity contribution in [3.63, 3.8) is 0 Å². The van der Waals surface area contributed by atoms with Crippen LogP contribution in [0.15, 0.2) is 85.2 Å². The summed E-state index contributed by atoms with van der Waals surface area (Å²) in [4.78, 5) is 0. The summed E-state index contributed by atoms with van der Waals surface area (Å²) in [6, 6.07) is 17.7. The van der Waals surface area contributed by atoms with E-state index < -0.39 is 0 Å². The maximum absolute atomic E-state index is 8.91. The van der Waals surface area contributed by atoms with E-state index in [0.29, 0.717) is 5.76 Å². The van der Waals surface area contributed by atoms with E-state index in [4.69, 9.17) is 5.11 Å². The number of aryl methyl sites for hydroxylation is 2. The number of aliphatic hydroxyl groups excluding tert-OH is 1. The topological polar surface area (TPSA) is 20.2 Å². The molecule has 0 aliphatic carbocycles. The predicted molar refractivity (Wildman–Crippen MR) is 134 cm³/mol. The Kier molecular flexibility index (Phi) is 20.0. The van der Waals surface area contributed by atoms with Gasteiger partial charge in [-0.1, -0.05) is 116 Å². The van der Waals surface area contributed by atoms with Gasteiger partial charge >= 0.3 is 0 Å². The van der Waals surface area contributed by atoms with Crippen molar-refractivity contribution in [2.75, 3.05) is 0 Å². The molecular formula is C28H42O. The number of hydrogen-bond acceptors (Lipinski definition) is 1. The minimum absolute atomic E-state index is 0.303. The Morgan fingerprint density at radius 3 is 1.41 bits per heavy atom. The van der Waals surface area contributed by atoms with Gasteiger partial charge in [-0.3, -0.25) is 0 Å². The van der Waals surface area contributed by atoms with Gasteiger partial charge in [-0.25, -0.2) is 0 Å². The van der Waals surface area contributed by atoms with E-state index in [1.54, 1.807) is 24.3 Å². The molecule has 1 heteroatoms. The lowest BCUT2D eigenvalue weighted by Crippen LogP contribution is -1.83. The number of rotatable bonds is 6. The van der Waals surface area contributed by atoms with Gasteiger partial charge in [0.2, 0.25) is 0 Å². The monoisotopic (exact) mass is 394 g/mol. The summed E-state index contributed by atoms with van der Waals surface area (Å²) in [7, 11) is 0. The number of allylic oxidation sites excluding steroid dienone is 4. The zero-order chi connectivity index (χ0) is 22.5. The summed E-state index contributed by atoms with van der Waals surface area (Å²) < 4.78 is 0. The second-order valence-electron chi connectivity index (χ2n) is 5.73. The van der Waals surface area contributed by atoms with E-state index in [1.807, 2.05) is 34.6 Å². The molecule has 0 amide bonds. The van der Waals surface area contributed by atoms with Crippen molar-refractivity contribution in [1.82, 2.24) is 0 Å². The molecule has 1 N–H and O–H groups in total. The summed E-state index contributed by atoms with van der Waals surface area (Å²) in [5.41, 5.74) is 5.41. The lowest BCUT2D eigenvalue weighted by atomic mass is 10.0. The molecule has 0 fully saturated rings. The van der Waals surface area contributed by atoms with Crippen molar-refractivity contribution in [2.45, 2.75) is 67.7 Å². The first-order valence-corrected chi connectivity index (χ1v) is 11.0. The third-order valence-electron chi connectivity index (χ3n) is 3.87. The summed E-state index contributed by atoms with van der Waals surface area (Å²) >= 11 is 0. The molecule has 0 atom stereocenters. The Labute approximate surface area is 180 Å². The molecule has 0 aromatic heterocycles. The normalized spacial score (nSPS) is 9.97. The second-order valence-corrected chi connectivity index (χ2v) is 5.73. The van der Waals surface area contributed by atoms with Crippen LogP contribution in [-0.4, -0.2) is 5.11 Å². The average Bonchev–Trinajstić information content (AvgIpc) is 2.81. The fraction of sp³-hybridized carbons (Fsp3) is 0.357. The van der Waals surface area contributed by atoms with E-state index in [2.05, 4.69) is 69.0 Å². The zero-order valence-corrected chi connectivity index (χ0v) is 19.7. The summed E-state index contributed by atoms with van der Waals surface area (Å²) in [5.74, 6) is 0.303. The van der Waals surface area contributed by atoms with E-state index in [1.165, 1.54) is 22.3 Å². The lowest BCUT2D eigenvalue weighted by Gasteiger charge is -2.04. The minimum Gasteiger partial charge on any atom is -0.508 e. The van der Waals surface area contributed by atoms with Crippen LogP contribution in [0.5, 0.6) is 0 Å². The standard InChI is InChI=1S/C16H18.C8H12O.2C2H6/c1-3-13-5-9-15(10-6-13)16-11-7-14(4-2)8-12-16;1-3-5-7-8(9)6-4-2;2*1-2/h5-12H,3-4H2,1-2H3;3,5-7,9H,1,4H2,2H3;2*1-2H3/b;7-5-,8-6?;;. The molecule has 0 saturated heterocycles. The number of benzene rings is 2. The van der Waals surface area contributed by atoms with E-state index in [-0.39, 0.29) is 0 Å². The molecule has 1 nitrogen and oxygen atoms in total. The second kappa shape index (κ2) is 20.2. The Balaban J connectivity index is 0. The first kappa shape index (κ1) is 28.7. The Morgan fingerprint density at radius 1 is 0.759 bits per heavy atom. The molecule has 2 aromatic rings. The summed E-state index contributed by atoms with van der Waals surface area (Å²) in [6.45, 7) is 17.8. The van der Waals surface area contributed by atoms with E-state index >= 15 is 0 Å². The summed E-state index contributed by atoms with van der Waals surface area (Å²) in [5, 5.41) is 8.91. The highest BCUT2D eigenvalue weighted by atomic mass is 16.3. The highest BCUT2D eigenvalue weighted by Gasteiger charge is 1.97. The van der Waals surface area contributed by atoms with Crippen LogP contribution in [0.1, 0.15) is 66.0 Å². The number of hydrogen-bond donors (Lipinski definition) is 1. The predicted octanol–water partition coefficient (Wildman–Crippen LogP) is 9.11. The van der Waals surface area contributed by atoms with Gasteiger partial charge in [-0.2, -0.15) is 0 Å². The molecular weight excluding hydrogens is 352 g/mol. The van der Waals surface area contributed by atoms with Crippen molar-refractivity contribution in [1.29, 1.82) is 0 Å². The molecule has 0 spiro atoms. The molecule has 0 saturated carbocycles. The fourth-order valence-corrected chi connectivity index (χ4v) is 2.31. The van der Waals surface area contributed by atoms with Crippen LogP contribution in [-0.2, 0) is 12.8 Å². The fourth-order valence-electron chi connectivity index (χ4n) is 2.31. The highest BCUT2D eigenvalue weighted by Crippen LogP contribution is 2.20. The quantitative estimate of drug-likeness (QED) is 0.382. The molecule has 160 valence electrons. The minimum atomic E-state index is 0.303. The van der Waals surface area contributed by atoms with Crippen molar-refractivity contribution in [2.24, 2.45) is 0 Å². The third kappa shape index (κ3) is 13.3. The maximum atomic E-state index is 8.91. The highest BCUT2D eigenvalue weighted by molar-refractivity contribution is 5.63. The van der Waals surface area contributed by atoms with Crippen molar-refractivity contribution < 1.29 is 5.11 Å². The molecule has 29 heavy (non-hydrogen) atoms. The SMILES string of the molecule is C=C/C=C\C(O)=CCC.CC.CC.CCc1ccc(-c2ccc(CC)cc2)cc1. The Hall–Kier alpha value is -2.54. The molecule has 0 aliphatic heterocycles. The van der Waals surface area contributed by atoms with Crippen LogP contribution in [0, 0.1) is 0 Å². The third-order valence-corrected chi connectivity index (χ3v) is 3.87. The van der Waals surface area contributed by atoms with Gasteiger partial charge in [0.15, 0.2) is 0 Å². The van der Waals surface area contributed by atoms with E-state index in [0.717, 1.165) is 19.3 Å². The molecule has 0 aliphatic rings. The summed E-state index contributed by atoms with van der Waals surface area (Å²) in [6.07, 6.45) is 9.73. The van der Waals surface area contributed by atoms with Crippen LogP contribution in [0.2, 0.25) is 0 Å². The van der Waals surface area contributed by atoms with Crippen LogP contribution < -0.4 is 0 Å². The maximum Gasteiger partial charge on any atom is 0.111 e. The van der Waals surface area contributed by atoms with Gasteiger partial charge < -0.3 is 5.11 Å². The Bertz CT molecular complexity index is 628. The van der Waals surface area contributed by atoms with Gasteiger partial charge in [-0.15, -0.1) is 0 Å². The van der Waals surface area contributed by atoms with Gasteiger partial charge in [0, 0.05) is 0 Å². The molecule has 0 heterocycles. The largest absolute Gasteiger partial charge is 0.508 e. The van der Waals surface area contributed by atoms with Crippen LogP contribution >= 0.6 is 0 Å². The van der Waals surface area contributed by atoms with Gasteiger partial charge in [0.1, 0.15) is 5.76 Å². The van der Waals surface area contributed by atoms with Crippen molar-refractivity contribution in [3.05, 3.63) is 96.3 Å². The molecule has 0 unspecified atom stereocenters. The average molecular weight is 395 g/mol. The molecule has 2 rings (SSSR count). The molecule has 0 bridgehead atoms. The lowest BCUT2D eigenvalue weighted by molar-refractivity contribution is 0.430. The number of aliphatic hydroxyl groups is 1. The zero-order valence-electron chi connectivity index (χ0n) is 19.7. The van der Waals surface area contributed by atoms with Gasteiger partial charge in [0.25, 0.3) is 0 Å². The molecule has 2 aromatic carbocycles. The van der Waals surface area contributed by atoms with Crippen molar-refractivity contribution in [3.8, 4) is 11.1 Å². The van der Waals surface area contributed by atoms with Gasteiger partial charge in [0.05, 0.1) is 0 Å². The van der Waals surface area contributed by atoms with Gasteiger partial charge in [-0.05, 0) is 53.7 Å². The van der Waals surface area contributed by atoms with Crippen LogP contribution in [0.25, 0.3) is 11.1 Å². The Morgan fingerprint density at radius 2 is 1.14 bits per heavy atom. The van der Waals surface area contributed by atoms with Crippen molar-refractivity contribution >= 4 is 0 Å². The van der Waals surface area contributed by atoms with Crippen LogP contribution in [0.3, 0.4) is 0 Å².